The third-order valence-electron chi connectivity index (χ3n) is 5.75. The molecule has 0 saturated carbocycles. The average Bonchev–Trinajstić information content (AvgIpc) is 2.79. The molecule has 2 aromatic rings. The van der Waals surface area contributed by atoms with Gasteiger partial charge in [-0.05, 0) is 57.2 Å². The molecule has 1 aromatic carbocycles. The van der Waals surface area contributed by atoms with Gasteiger partial charge in [0.25, 0.3) is 0 Å². The molecule has 3 rings (SSSR count). The highest BCUT2D eigenvalue weighted by Crippen LogP contribution is 2.20. The maximum atomic E-state index is 4.80. The molecular formula is C25H39IN6. The van der Waals surface area contributed by atoms with Gasteiger partial charge in [0, 0.05) is 51.0 Å². The van der Waals surface area contributed by atoms with E-state index >= 15 is 0 Å². The second-order valence-corrected chi connectivity index (χ2v) is 8.28. The lowest BCUT2D eigenvalue weighted by Gasteiger charge is -2.38. The number of anilines is 1. The molecule has 6 nitrogen and oxygen atoms in total. The first-order valence-corrected chi connectivity index (χ1v) is 11.7. The van der Waals surface area contributed by atoms with Gasteiger partial charge in [0.15, 0.2) is 5.96 Å². The van der Waals surface area contributed by atoms with E-state index in [1.54, 1.807) is 0 Å². The number of hydrogen-bond donors (Lipinski definition) is 3. The number of nitrogens with zero attached hydrogens (tertiary/aromatic N) is 3. The maximum Gasteiger partial charge on any atom is 0.191 e. The van der Waals surface area contributed by atoms with E-state index in [2.05, 4.69) is 70.0 Å². The monoisotopic (exact) mass is 550 g/mol. The molecule has 0 bridgehead atoms. The van der Waals surface area contributed by atoms with E-state index in [1.807, 2.05) is 24.4 Å². The van der Waals surface area contributed by atoms with Crippen molar-refractivity contribution in [3.05, 3.63) is 60.3 Å². The van der Waals surface area contributed by atoms with Crippen molar-refractivity contribution in [3.8, 4) is 0 Å². The fourth-order valence-electron chi connectivity index (χ4n) is 4.03. The Kier molecular flexibility index (Phi) is 12.4. The molecule has 0 aliphatic carbocycles. The fraction of sp³-hybridized carbons (Fsp3) is 0.520. The van der Waals surface area contributed by atoms with Gasteiger partial charge in [0.1, 0.15) is 5.82 Å². The van der Waals surface area contributed by atoms with Crippen molar-refractivity contribution in [1.82, 2.24) is 20.5 Å². The number of hydrogen-bond acceptors (Lipinski definition) is 4. The highest BCUT2D eigenvalue weighted by Gasteiger charge is 2.25. The van der Waals surface area contributed by atoms with E-state index in [0.717, 1.165) is 70.2 Å². The Balaban J connectivity index is 0.00000363. The number of unbranched alkanes of at least 4 members (excludes halogenated alkanes) is 1. The van der Waals surface area contributed by atoms with E-state index in [9.17, 15) is 0 Å². The van der Waals surface area contributed by atoms with Gasteiger partial charge in [-0.25, -0.2) is 4.98 Å². The number of rotatable bonds is 10. The highest BCUT2D eigenvalue weighted by molar-refractivity contribution is 14.0. The third-order valence-corrected chi connectivity index (χ3v) is 5.75. The standard InChI is InChI=1S/C25H38N6.HI/c1-3-26-25(29-17-10-9-16-28-24-13-7-8-15-27-24)30-23-14-18-31(21(2)19-23)20-22-11-5-4-6-12-22;/h4-8,11-13,15,21,23H,3,9-10,14,16-20H2,1-2H3,(H,27,28)(H2,26,29,30);1H. The number of benzene rings is 1. The second-order valence-electron chi connectivity index (χ2n) is 8.28. The summed E-state index contributed by atoms with van der Waals surface area (Å²) in [6.45, 7) is 9.27. The Morgan fingerprint density at radius 3 is 2.66 bits per heavy atom. The predicted octanol–water partition coefficient (Wildman–Crippen LogP) is 4.50. The van der Waals surface area contributed by atoms with Gasteiger partial charge in [0.05, 0.1) is 0 Å². The van der Waals surface area contributed by atoms with E-state index in [4.69, 9.17) is 4.99 Å². The van der Waals surface area contributed by atoms with Crippen LogP contribution in [0, 0.1) is 0 Å². The largest absolute Gasteiger partial charge is 0.370 e. The molecule has 1 aliphatic rings. The number of aliphatic imine (C=N–C) groups is 1. The fourth-order valence-corrected chi connectivity index (χ4v) is 4.03. The number of nitrogens with one attached hydrogen (secondary N) is 3. The SMILES string of the molecule is CCNC(=NCCCCNc1ccccn1)NC1CCN(Cc2ccccc2)C(C)C1.I. The summed E-state index contributed by atoms with van der Waals surface area (Å²) >= 11 is 0. The molecule has 1 aromatic heterocycles. The van der Waals surface area contributed by atoms with Crippen molar-refractivity contribution in [3.63, 3.8) is 0 Å². The van der Waals surface area contributed by atoms with E-state index in [1.165, 1.54) is 5.56 Å². The van der Waals surface area contributed by atoms with Crippen LogP contribution >= 0.6 is 24.0 Å². The Morgan fingerprint density at radius 1 is 1.12 bits per heavy atom. The van der Waals surface area contributed by atoms with Crippen molar-refractivity contribution < 1.29 is 0 Å². The average molecular weight is 551 g/mol. The molecule has 1 saturated heterocycles. The summed E-state index contributed by atoms with van der Waals surface area (Å²) in [7, 11) is 0. The molecule has 0 amide bonds. The number of likely N-dealkylation sites (tertiary alicyclic amines) is 1. The predicted molar refractivity (Wildman–Crippen MR) is 146 cm³/mol. The smallest absolute Gasteiger partial charge is 0.191 e. The van der Waals surface area contributed by atoms with Gasteiger partial charge >= 0.3 is 0 Å². The summed E-state index contributed by atoms with van der Waals surface area (Å²) in [5.74, 6) is 1.89. The minimum atomic E-state index is 0. The van der Waals surface area contributed by atoms with Gasteiger partial charge < -0.3 is 16.0 Å². The molecule has 2 unspecified atom stereocenters. The van der Waals surface area contributed by atoms with Crippen molar-refractivity contribution in [1.29, 1.82) is 0 Å². The minimum Gasteiger partial charge on any atom is -0.370 e. The normalized spacial score (nSPS) is 19.1. The van der Waals surface area contributed by atoms with Crippen LogP contribution in [-0.4, -0.2) is 54.1 Å². The molecule has 32 heavy (non-hydrogen) atoms. The topological polar surface area (TPSA) is 64.6 Å². The molecule has 7 heteroatoms. The van der Waals surface area contributed by atoms with Crippen LogP contribution in [0.1, 0.15) is 45.1 Å². The number of halogens is 1. The van der Waals surface area contributed by atoms with Gasteiger partial charge in [-0.3, -0.25) is 9.89 Å². The zero-order valence-electron chi connectivity index (χ0n) is 19.5. The van der Waals surface area contributed by atoms with E-state index < -0.39 is 0 Å². The molecule has 1 aliphatic heterocycles. The van der Waals surface area contributed by atoms with Crippen LogP contribution in [0.15, 0.2) is 59.7 Å². The van der Waals surface area contributed by atoms with Crippen LogP contribution in [0.2, 0.25) is 0 Å². The van der Waals surface area contributed by atoms with Gasteiger partial charge in [-0.1, -0.05) is 36.4 Å². The van der Waals surface area contributed by atoms with Crippen molar-refractivity contribution >= 4 is 35.8 Å². The van der Waals surface area contributed by atoms with E-state index in [-0.39, 0.29) is 24.0 Å². The summed E-state index contributed by atoms with van der Waals surface area (Å²) in [5, 5.41) is 10.4. The molecule has 3 N–H and O–H groups in total. The summed E-state index contributed by atoms with van der Waals surface area (Å²) in [6.07, 6.45) is 6.24. The summed E-state index contributed by atoms with van der Waals surface area (Å²) in [6, 6.07) is 17.8. The van der Waals surface area contributed by atoms with Gasteiger partial charge in [-0.15, -0.1) is 24.0 Å². The Labute approximate surface area is 210 Å². The van der Waals surface area contributed by atoms with Crippen LogP contribution in [0.25, 0.3) is 0 Å². The number of pyridine rings is 1. The van der Waals surface area contributed by atoms with Gasteiger partial charge in [-0.2, -0.15) is 0 Å². The first kappa shape index (κ1) is 26.4. The van der Waals surface area contributed by atoms with Crippen molar-refractivity contribution in [2.75, 3.05) is 31.5 Å². The molecule has 176 valence electrons. The number of aromatic nitrogens is 1. The molecule has 1 fully saturated rings. The zero-order chi connectivity index (χ0) is 21.7. The van der Waals surface area contributed by atoms with Crippen LogP contribution < -0.4 is 16.0 Å². The van der Waals surface area contributed by atoms with Crippen LogP contribution in [0.5, 0.6) is 0 Å². The number of guanidine groups is 1. The van der Waals surface area contributed by atoms with Crippen LogP contribution in [-0.2, 0) is 6.54 Å². The lowest BCUT2D eigenvalue weighted by atomic mass is 9.97. The lowest BCUT2D eigenvalue weighted by Crippen LogP contribution is -2.51. The summed E-state index contributed by atoms with van der Waals surface area (Å²) in [4.78, 5) is 11.7. The molecule has 0 spiro atoms. The van der Waals surface area contributed by atoms with Crippen molar-refractivity contribution in [2.45, 2.75) is 58.2 Å². The first-order chi connectivity index (χ1) is 15.2. The van der Waals surface area contributed by atoms with Crippen LogP contribution in [0.3, 0.4) is 0 Å². The third kappa shape index (κ3) is 9.32. The quantitative estimate of drug-likeness (QED) is 0.176. The first-order valence-electron chi connectivity index (χ1n) is 11.7. The summed E-state index contributed by atoms with van der Waals surface area (Å²) < 4.78 is 0. The van der Waals surface area contributed by atoms with Gasteiger partial charge in [0.2, 0.25) is 0 Å². The Bertz CT molecular complexity index is 771. The molecule has 0 radical (unpaired) electrons. The molecule has 2 atom stereocenters. The number of piperidine rings is 1. The van der Waals surface area contributed by atoms with Crippen molar-refractivity contribution in [2.24, 2.45) is 4.99 Å². The summed E-state index contributed by atoms with van der Waals surface area (Å²) in [5.41, 5.74) is 1.40. The highest BCUT2D eigenvalue weighted by atomic mass is 127. The van der Waals surface area contributed by atoms with E-state index in [0.29, 0.717) is 12.1 Å². The Hall–Kier alpha value is -1.87. The molecule has 2 heterocycles. The van der Waals surface area contributed by atoms with Crippen LogP contribution in [0.4, 0.5) is 5.82 Å². The lowest BCUT2D eigenvalue weighted by molar-refractivity contribution is 0.134. The second kappa shape index (κ2) is 15.1. The Morgan fingerprint density at radius 2 is 1.94 bits per heavy atom. The maximum absolute atomic E-state index is 4.80. The zero-order valence-corrected chi connectivity index (χ0v) is 21.8. The minimum absolute atomic E-state index is 0. The molecular weight excluding hydrogens is 511 g/mol.